The highest BCUT2D eigenvalue weighted by atomic mass is 16.3. The van der Waals surface area contributed by atoms with Gasteiger partial charge in [-0.15, -0.1) is 0 Å². The Morgan fingerprint density at radius 1 is 1.16 bits per heavy atom. The predicted molar refractivity (Wildman–Crippen MR) is 93.4 cm³/mol. The van der Waals surface area contributed by atoms with E-state index < -0.39 is 6.04 Å². The van der Waals surface area contributed by atoms with Crippen molar-refractivity contribution in [2.24, 2.45) is 0 Å². The molecule has 1 aromatic heterocycles. The molecule has 3 rings (SSSR count). The Hall–Kier alpha value is -2.60. The predicted octanol–water partition coefficient (Wildman–Crippen LogP) is 1.63. The molecule has 2 aromatic rings. The van der Waals surface area contributed by atoms with Crippen LogP contribution in [0.3, 0.4) is 0 Å². The van der Waals surface area contributed by atoms with Gasteiger partial charge in [0, 0.05) is 33.1 Å². The maximum Gasteiger partial charge on any atom is 0.244 e. The molecule has 0 radical (unpaired) electrons. The standard InChI is InChI=1S/C19H23N3O3/c1-15(23)22-10-9-21(13-16-6-3-2-4-7-16)14-18(22)19(24)20-12-17-8-5-11-25-17/h2-8,11,18H,9-10,12-14H2,1H3,(H,20,24). The van der Waals surface area contributed by atoms with Gasteiger partial charge in [-0.3, -0.25) is 14.5 Å². The Kier molecular flexibility index (Phi) is 5.50. The number of rotatable bonds is 5. The van der Waals surface area contributed by atoms with Crippen LogP contribution in [-0.2, 0) is 22.7 Å². The molecule has 0 saturated carbocycles. The van der Waals surface area contributed by atoms with E-state index >= 15 is 0 Å². The van der Waals surface area contributed by atoms with Crippen LogP contribution in [0.25, 0.3) is 0 Å². The molecular formula is C19H23N3O3. The topological polar surface area (TPSA) is 65.8 Å². The van der Waals surface area contributed by atoms with Gasteiger partial charge in [0.25, 0.3) is 0 Å². The molecule has 132 valence electrons. The van der Waals surface area contributed by atoms with Crippen LogP contribution in [-0.4, -0.2) is 47.3 Å². The second-order valence-electron chi connectivity index (χ2n) is 6.25. The summed E-state index contributed by atoms with van der Waals surface area (Å²) in [6, 6.07) is 13.3. The van der Waals surface area contributed by atoms with Crippen LogP contribution < -0.4 is 5.32 Å². The molecule has 1 atom stereocenters. The molecule has 2 amide bonds. The van der Waals surface area contributed by atoms with Gasteiger partial charge in [-0.2, -0.15) is 0 Å². The van der Waals surface area contributed by atoms with E-state index in [2.05, 4.69) is 22.3 Å². The molecule has 1 fully saturated rings. The van der Waals surface area contributed by atoms with Crippen LogP contribution in [0.2, 0.25) is 0 Å². The van der Waals surface area contributed by atoms with Crippen molar-refractivity contribution < 1.29 is 14.0 Å². The molecule has 6 heteroatoms. The summed E-state index contributed by atoms with van der Waals surface area (Å²) in [4.78, 5) is 28.4. The van der Waals surface area contributed by atoms with Gasteiger partial charge in [-0.1, -0.05) is 30.3 Å². The lowest BCUT2D eigenvalue weighted by molar-refractivity contribution is -0.142. The molecule has 1 aromatic carbocycles. The first kappa shape index (κ1) is 17.2. The van der Waals surface area contributed by atoms with E-state index in [1.165, 1.54) is 12.5 Å². The SMILES string of the molecule is CC(=O)N1CCN(Cc2ccccc2)CC1C(=O)NCc1ccco1. The summed E-state index contributed by atoms with van der Waals surface area (Å²) < 4.78 is 5.24. The molecule has 0 aliphatic carbocycles. The highest BCUT2D eigenvalue weighted by Gasteiger charge is 2.33. The molecule has 0 bridgehead atoms. The van der Waals surface area contributed by atoms with E-state index in [-0.39, 0.29) is 11.8 Å². The summed E-state index contributed by atoms with van der Waals surface area (Å²) in [5, 5.41) is 2.87. The van der Waals surface area contributed by atoms with Gasteiger partial charge in [0.2, 0.25) is 11.8 Å². The molecule has 6 nitrogen and oxygen atoms in total. The lowest BCUT2D eigenvalue weighted by atomic mass is 10.1. The monoisotopic (exact) mass is 341 g/mol. The highest BCUT2D eigenvalue weighted by Crippen LogP contribution is 2.14. The largest absolute Gasteiger partial charge is 0.467 e. The number of carbonyl (C=O) groups is 2. The normalized spacial score (nSPS) is 18.1. The Morgan fingerprint density at radius 3 is 2.64 bits per heavy atom. The average molecular weight is 341 g/mol. The first-order valence-corrected chi connectivity index (χ1v) is 8.47. The average Bonchev–Trinajstić information content (AvgIpc) is 3.14. The van der Waals surface area contributed by atoms with Crippen molar-refractivity contribution in [3.8, 4) is 0 Å². The number of hydrogen-bond donors (Lipinski definition) is 1. The van der Waals surface area contributed by atoms with Crippen molar-refractivity contribution in [3.63, 3.8) is 0 Å². The Balaban J connectivity index is 1.64. The Bertz CT molecular complexity index is 700. The number of piperazine rings is 1. The smallest absolute Gasteiger partial charge is 0.244 e. The fraction of sp³-hybridized carbons (Fsp3) is 0.368. The molecule has 1 unspecified atom stereocenters. The number of nitrogens with zero attached hydrogens (tertiary/aromatic N) is 2. The fourth-order valence-corrected chi connectivity index (χ4v) is 3.13. The summed E-state index contributed by atoms with van der Waals surface area (Å²) >= 11 is 0. The highest BCUT2D eigenvalue weighted by molar-refractivity contribution is 5.87. The Morgan fingerprint density at radius 2 is 1.96 bits per heavy atom. The number of benzene rings is 1. The summed E-state index contributed by atoms with van der Waals surface area (Å²) in [5.41, 5.74) is 1.20. The van der Waals surface area contributed by atoms with Crippen molar-refractivity contribution in [1.29, 1.82) is 0 Å². The van der Waals surface area contributed by atoms with Gasteiger partial charge < -0.3 is 14.6 Å². The second kappa shape index (κ2) is 7.98. The van der Waals surface area contributed by atoms with E-state index in [1.807, 2.05) is 24.3 Å². The van der Waals surface area contributed by atoms with Crippen LogP contribution in [0.5, 0.6) is 0 Å². The number of carbonyl (C=O) groups excluding carboxylic acids is 2. The van der Waals surface area contributed by atoms with Crippen LogP contribution in [0.4, 0.5) is 0 Å². The Labute approximate surface area is 147 Å². The third-order valence-electron chi connectivity index (χ3n) is 4.44. The molecular weight excluding hydrogens is 318 g/mol. The van der Waals surface area contributed by atoms with Crippen molar-refractivity contribution >= 4 is 11.8 Å². The number of amides is 2. The molecule has 1 aliphatic rings. The van der Waals surface area contributed by atoms with Gasteiger partial charge in [-0.05, 0) is 17.7 Å². The number of hydrogen-bond acceptors (Lipinski definition) is 4. The quantitative estimate of drug-likeness (QED) is 0.898. The summed E-state index contributed by atoms with van der Waals surface area (Å²) in [7, 11) is 0. The number of furan rings is 1. The zero-order valence-electron chi connectivity index (χ0n) is 14.4. The van der Waals surface area contributed by atoms with Crippen molar-refractivity contribution in [2.75, 3.05) is 19.6 Å². The van der Waals surface area contributed by atoms with Gasteiger partial charge in [0.15, 0.2) is 0 Å². The summed E-state index contributed by atoms with van der Waals surface area (Å²) in [5.74, 6) is 0.474. The zero-order valence-corrected chi connectivity index (χ0v) is 14.4. The van der Waals surface area contributed by atoms with Gasteiger partial charge in [-0.25, -0.2) is 0 Å². The third-order valence-corrected chi connectivity index (χ3v) is 4.44. The minimum Gasteiger partial charge on any atom is -0.467 e. The van der Waals surface area contributed by atoms with Gasteiger partial charge in [0.1, 0.15) is 11.8 Å². The van der Waals surface area contributed by atoms with E-state index in [4.69, 9.17) is 4.42 Å². The molecule has 1 aliphatic heterocycles. The number of nitrogens with one attached hydrogen (secondary N) is 1. The van der Waals surface area contributed by atoms with Gasteiger partial charge in [0.05, 0.1) is 12.8 Å². The van der Waals surface area contributed by atoms with Gasteiger partial charge >= 0.3 is 0 Å². The molecule has 25 heavy (non-hydrogen) atoms. The summed E-state index contributed by atoms with van der Waals surface area (Å²) in [6.45, 7) is 4.46. The third kappa shape index (κ3) is 4.48. The van der Waals surface area contributed by atoms with Crippen LogP contribution in [0, 0.1) is 0 Å². The van der Waals surface area contributed by atoms with E-state index in [0.29, 0.717) is 25.4 Å². The molecule has 1 N–H and O–H groups in total. The summed E-state index contributed by atoms with van der Waals surface area (Å²) in [6.07, 6.45) is 1.57. The van der Waals surface area contributed by atoms with Crippen molar-refractivity contribution in [1.82, 2.24) is 15.1 Å². The lowest BCUT2D eigenvalue weighted by Crippen LogP contribution is -2.59. The first-order chi connectivity index (χ1) is 12.1. The first-order valence-electron chi connectivity index (χ1n) is 8.47. The van der Waals surface area contributed by atoms with E-state index in [1.54, 1.807) is 17.2 Å². The minimum atomic E-state index is -0.482. The lowest BCUT2D eigenvalue weighted by Gasteiger charge is -2.40. The zero-order chi connectivity index (χ0) is 17.6. The maximum absolute atomic E-state index is 12.6. The van der Waals surface area contributed by atoms with E-state index in [9.17, 15) is 9.59 Å². The van der Waals surface area contributed by atoms with E-state index in [0.717, 1.165) is 13.1 Å². The van der Waals surface area contributed by atoms with Crippen LogP contribution in [0.15, 0.2) is 53.1 Å². The second-order valence-corrected chi connectivity index (χ2v) is 6.25. The maximum atomic E-state index is 12.6. The van der Waals surface area contributed by atoms with Crippen molar-refractivity contribution in [3.05, 3.63) is 60.1 Å². The molecule has 0 spiro atoms. The molecule has 2 heterocycles. The minimum absolute atomic E-state index is 0.0718. The van der Waals surface area contributed by atoms with Crippen molar-refractivity contribution in [2.45, 2.75) is 26.1 Å². The van der Waals surface area contributed by atoms with Crippen LogP contribution in [0.1, 0.15) is 18.2 Å². The molecule has 1 saturated heterocycles. The fourth-order valence-electron chi connectivity index (χ4n) is 3.13. The van der Waals surface area contributed by atoms with Crippen LogP contribution >= 0.6 is 0 Å².